The highest BCUT2D eigenvalue weighted by Crippen LogP contribution is 2.33. The van der Waals surface area contributed by atoms with Crippen LogP contribution < -0.4 is 10.1 Å². The van der Waals surface area contributed by atoms with Crippen molar-refractivity contribution in [1.82, 2.24) is 14.8 Å². The number of carbonyl (C=O) groups is 1. The molecule has 0 aliphatic heterocycles. The van der Waals surface area contributed by atoms with Gasteiger partial charge in [0, 0.05) is 11.8 Å². The first kappa shape index (κ1) is 22.7. The maximum atomic E-state index is 12.1. The van der Waals surface area contributed by atoms with Crippen LogP contribution >= 0.6 is 11.3 Å². The van der Waals surface area contributed by atoms with Gasteiger partial charge in [0.1, 0.15) is 11.4 Å². The second kappa shape index (κ2) is 9.46. The summed E-state index contributed by atoms with van der Waals surface area (Å²) < 4.78 is 12.1. The van der Waals surface area contributed by atoms with Crippen molar-refractivity contribution in [2.24, 2.45) is 0 Å². The summed E-state index contributed by atoms with van der Waals surface area (Å²) in [4.78, 5) is 17.0. The molecule has 0 aliphatic rings. The number of amides is 1. The Balaban J connectivity index is 1.85. The molecule has 0 aliphatic carbocycles. The summed E-state index contributed by atoms with van der Waals surface area (Å²) in [5.74, 6) is 0.765. The maximum Gasteiger partial charge on any atom is 0.413 e. The Labute approximate surface area is 184 Å². The SMILES string of the molecule is COc1ccc(Cn2cc(-c3nc(NC(=O)OC(C)(C)C)sc3CO)c(CO)n2)cc1. The van der Waals surface area contributed by atoms with Crippen molar-refractivity contribution in [3.63, 3.8) is 0 Å². The number of hydrogen-bond donors (Lipinski definition) is 3. The predicted molar refractivity (Wildman–Crippen MR) is 117 cm³/mol. The third-order valence-corrected chi connectivity index (χ3v) is 5.15. The summed E-state index contributed by atoms with van der Waals surface area (Å²) in [5, 5.41) is 26.9. The average Bonchev–Trinajstić information content (AvgIpc) is 3.30. The first-order chi connectivity index (χ1) is 14.7. The van der Waals surface area contributed by atoms with Crippen molar-refractivity contribution in [1.29, 1.82) is 0 Å². The van der Waals surface area contributed by atoms with Crippen LogP contribution in [0.2, 0.25) is 0 Å². The van der Waals surface area contributed by atoms with Gasteiger partial charge in [-0.2, -0.15) is 5.10 Å². The Morgan fingerprint density at radius 1 is 1.19 bits per heavy atom. The molecule has 0 spiro atoms. The Kier molecular flexibility index (Phi) is 6.94. The molecule has 1 amide bonds. The van der Waals surface area contributed by atoms with Crippen molar-refractivity contribution >= 4 is 22.6 Å². The number of hydrogen-bond acceptors (Lipinski definition) is 8. The Hall–Kier alpha value is -2.95. The molecule has 2 heterocycles. The summed E-state index contributed by atoms with van der Waals surface area (Å²) in [7, 11) is 1.61. The van der Waals surface area contributed by atoms with E-state index in [-0.39, 0.29) is 13.2 Å². The minimum atomic E-state index is -0.642. The van der Waals surface area contributed by atoms with Crippen molar-refractivity contribution < 1.29 is 24.5 Å². The highest BCUT2D eigenvalue weighted by Gasteiger charge is 2.22. The Morgan fingerprint density at radius 3 is 2.48 bits per heavy atom. The van der Waals surface area contributed by atoms with Gasteiger partial charge in [-0.25, -0.2) is 9.78 Å². The van der Waals surface area contributed by atoms with Crippen LogP contribution in [0.15, 0.2) is 30.5 Å². The zero-order chi connectivity index (χ0) is 22.6. The molecule has 3 aromatic rings. The van der Waals surface area contributed by atoms with Gasteiger partial charge >= 0.3 is 6.09 Å². The molecule has 0 saturated heterocycles. The van der Waals surface area contributed by atoms with Gasteiger partial charge in [0.25, 0.3) is 0 Å². The lowest BCUT2D eigenvalue weighted by Gasteiger charge is -2.18. The van der Waals surface area contributed by atoms with Gasteiger partial charge < -0.3 is 19.7 Å². The van der Waals surface area contributed by atoms with E-state index >= 15 is 0 Å². The number of aliphatic hydroxyl groups excluding tert-OH is 2. The molecule has 10 heteroatoms. The first-order valence-electron chi connectivity index (χ1n) is 9.63. The predicted octanol–water partition coefficient (Wildman–Crippen LogP) is 3.40. The van der Waals surface area contributed by atoms with Crippen molar-refractivity contribution in [3.8, 4) is 17.0 Å². The first-order valence-corrected chi connectivity index (χ1v) is 10.4. The van der Waals surface area contributed by atoms with Crippen LogP contribution in [0, 0.1) is 0 Å². The number of anilines is 1. The Bertz CT molecular complexity index is 1040. The minimum absolute atomic E-state index is 0.266. The summed E-state index contributed by atoms with van der Waals surface area (Å²) in [5.41, 5.74) is 1.85. The molecule has 3 rings (SSSR count). The van der Waals surface area contributed by atoms with Gasteiger partial charge in [-0.05, 0) is 38.5 Å². The number of benzene rings is 1. The number of nitrogens with zero attached hydrogens (tertiary/aromatic N) is 3. The molecule has 3 N–H and O–H groups in total. The zero-order valence-electron chi connectivity index (χ0n) is 17.9. The summed E-state index contributed by atoms with van der Waals surface area (Å²) >= 11 is 1.14. The topological polar surface area (TPSA) is 119 Å². The monoisotopic (exact) mass is 446 g/mol. The van der Waals surface area contributed by atoms with Gasteiger partial charge in [-0.1, -0.05) is 23.5 Å². The van der Waals surface area contributed by atoms with Gasteiger partial charge in [0.15, 0.2) is 5.13 Å². The third kappa shape index (κ3) is 5.81. The number of carbonyl (C=O) groups excluding carboxylic acids is 1. The molecular formula is C21H26N4O5S. The third-order valence-electron chi connectivity index (χ3n) is 4.20. The lowest BCUT2D eigenvalue weighted by Crippen LogP contribution is -2.27. The van der Waals surface area contributed by atoms with Crippen LogP contribution in [0.1, 0.15) is 36.9 Å². The van der Waals surface area contributed by atoms with Gasteiger partial charge in [-0.3, -0.25) is 10.00 Å². The fourth-order valence-electron chi connectivity index (χ4n) is 2.89. The summed E-state index contributed by atoms with van der Waals surface area (Å²) in [6, 6.07) is 7.60. The molecule has 2 aromatic heterocycles. The van der Waals surface area contributed by atoms with E-state index in [0.717, 1.165) is 22.6 Å². The van der Waals surface area contributed by atoms with Crippen molar-refractivity contribution in [2.45, 2.75) is 46.1 Å². The average molecular weight is 447 g/mol. The molecule has 0 radical (unpaired) electrons. The standard InChI is InChI=1S/C21H26N4O5S/c1-21(2,3)30-20(28)23-19-22-18(17(12-27)31-19)15-10-25(24-16(15)11-26)9-13-5-7-14(29-4)8-6-13/h5-8,10,26-27H,9,11-12H2,1-4H3,(H,22,23,28). The number of aliphatic hydroxyl groups is 2. The fourth-order valence-corrected chi connectivity index (χ4v) is 3.71. The number of nitrogens with one attached hydrogen (secondary N) is 1. The molecule has 1 aromatic carbocycles. The number of methoxy groups -OCH3 is 1. The number of rotatable bonds is 7. The van der Waals surface area contributed by atoms with Crippen LogP contribution in [0.25, 0.3) is 11.3 Å². The van der Waals surface area contributed by atoms with E-state index in [1.165, 1.54) is 0 Å². The second-order valence-electron chi connectivity index (χ2n) is 7.77. The highest BCUT2D eigenvalue weighted by atomic mass is 32.1. The normalized spacial score (nSPS) is 11.4. The fraction of sp³-hybridized carbons (Fsp3) is 0.381. The summed E-state index contributed by atoms with van der Waals surface area (Å²) in [6.45, 7) is 5.23. The summed E-state index contributed by atoms with van der Waals surface area (Å²) in [6.07, 6.45) is 1.14. The molecule has 31 heavy (non-hydrogen) atoms. The quantitative estimate of drug-likeness (QED) is 0.509. The Morgan fingerprint density at radius 2 is 1.90 bits per heavy atom. The van der Waals surface area contributed by atoms with Crippen molar-refractivity contribution in [2.75, 3.05) is 12.4 Å². The number of aromatic nitrogens is 3. The van der Waals surface area contributed by atoms with E-state index in [1.54, 1.807) is 38.8 Å². The highest BCUT2D eigenvalue weighted by molar-refractivity contribution is 7.16. The van der Waals surface area contributed by atoms with Crippen LogP contribution in [0.4, 0.5) is 9.93 Å². The molecule has 166 valence electrons. The van der Waals surface area contributed by atoms with E-state index in [4.69, 9.17) is 9.47 Å². The molecule has 0 bridgehead atoms. The van der Waals surface area contributed by atoms with E-state index in [2.05, 4.69) is 15.4 Å². The number of ether oxygens (including phenoxy) is 2. The minimum Gasteiger partial charge on any atom is -0.497 e. The van der Waals surface area contributed by atoms with E-state index in [1.807, 2.05) is 24.3 Å². The van der Waals surface area contributed by atoms with Gasteiger partial charge in [0.05, 0.1) is 43.1 Å². The van der Waals surface area contributed by atoms with Gasteiger partial charge in [-0.15, -0.1) is 0 Å². The number of thiazole rings is 1. The lowest BCUT2D eigenvalue weighted by molar-refractivity contribution is 0.0636. The molecule has 0 atom stereocenters. The molecule has 0 fully saturated rings. The maximum absolute atomic E-state index is 12.1. The van der Waals surface area contributed by atoms with E-state index in [9.17, 15) is 15.0 Å². The zero-order valence-corrected chi connectivity index (χ0v) is 18.7. The molecule has 9 nitrogen and oxygen atoms in total. The second-order valence-corrected chi connectivity index (χ2v) is 8.85. The van der Waals surface area contributed by atoms with Crippen LogP contribution in [-0.2, 0) is 24.5 Å². The van der Waals surface area contributed by atoms with E-state index < -0.39 is 11.7 Å². The van der Waals surface area contributed by atoms with Crippen molar-refractivity contribution in [3.05, 3.63) is 46.6 Å². The molecule has 0 unspecified atom stereocenters. The largest absolute Gasteiger partial charge is 0.497 e. The van der Waals surface area contributed by atoms with Gasteiger partial charge in [0.2, 0.25) is 0 Å². The molecule has 0 saturated carbocycles. The lowest BCUT2D eigenvalue weighted by atomic mass is 10.1. The van der Waals surface area contributed by atoms with Crippen LogP contribution in [0.3, 0.4) is 0 Å². The smallest absolute Gasteiger partial charge is 0.413 e. The van der Waals surface area contributed by atoms with Crippen LogP contribution in [0.5, 0.6) is 5.75 Å². The van der Waals surface area contributed by atoms with Crippen LogP contribution in [-0.4, -0.2) is 43.8 Å². The van der Waals surface area contributed by atoms with E-state index in [0.29, 0.717) is 33.5 Å². The molecular weight excluding hydrogens is 420 g/mol.